The van der Waals surface area contributed by atoms with E-state index in [0.29, 0.717) is 25.2 Å². The lowest BCUT2D eigenvalue weighted by atomic mass is 10.1. The minimum absolute atomic E-state index is 0.0318. The quantitative estimate of drug-likeness (QED) is 0.688. The number of likely N-dealkylation sites (tertiary alicyclic amines) is 1. The molecule has 3 rings (SSSR count). The summed E-state index contributed by atoms with van der Waals surface area (Å²) in [5, 5.41) is 2.79. The summed E-state index contributed by atoms with van der Waals surface area (Å²) in [6.45, 7) is 6.51. The summed E-state index contributed by atoms with van der Waals surface area (Å²) in [7, 11) is -3.64. The molecule has 0 spiro atoms. The molecular formula is C23H29N3O4S. The van der Waals surface area contributed by atoms with Gasteiger partial charge in [0.1, 0.15) is 0 Å². The lowest BCUT2D eigenvalue weighted by Crippen LogP contribution is -2.42. The molecule has 1 saturated heterocycles. The van der Waals surface area contributed by atoms with Gasteiger partial charge >= 0.3 is 0 Å². The van der Waals surface area contributed by atoms with Crippen LogP contribution in [0.3, 0.4) is 0 Å². The van der Waals surface area contributed by atoms with E-state index in [1.807, 2.05) is 51.1 Å². The van der Waals surface area contributed by atoms with Gasteiger partial charge in [0.25, 0.3) is 0 Å². The molecule has 0 unspecified atom stereocenters. The molecule has 0 saturated carbocycles. The molecule has 2 aromatic carbocycles. The number of sulfonamides is 1. The van der Waals surface area contributed by atoms with Crippen LogP contribution in [-0.2, 0) is 26.0 Å². The molecule has 1 heterocycles. The number of carbonyl (C=O) groups excluding carboxylic acids is 2. The monoisotopic (exact) mass is 443 g/mol. The Kier molecular flexibility index (Phi) is 6.81. The summed E-state index contributed by atoms with van der Waals surface area (Å²) in [5.74, 6) is -0.692. The molecule has 1 atom stereocenters. The van der Waals surface area contributed by atoms with Gasteiger partial charge in [-0.3, -0.25) is 9.59 Å². The number of hydrogen-bond donors (Lipinski definition) is 2. The average molecular weight is 444 g/mol. The van der Waals surface area contributed by atoms with Crippen LogP contribution in [0.25, 0.3) is 0 Å². The topological polar surface area (TPSA) is 95.6 Å². The number of nitrogens with zero attached hydrogens (tertiary/aromatic N) is 1. The first kappa shape index (κ1) is 23.0. The molecule has 7 nitrogen and oxygen atoms in total. The van der Waals surface area contributed by atoms with E-state index in [4.69, 9.17) is 0 Å². The van der Waals surface area contributed by atoms with E-state index in [2.05, 4.69) is 10.0 Å². The van der Waals surface area contributed by atoms with Crippen molar-refractivity contribution in [1.82, 2.24) is 9.62 Å². The van der Waals surface area contributed by atoms with E-state index in [0.717, 1.165) is 5.56 Å². The molecule has 31 heavy (non-hydrogen) atoms. The lowest BCUT2D eigenvalue weighted by Gasteiger charge is -2.31. The summed E-state index contributed by atoms with van der Waals surface area (Å²) in [6, 6.07) is 15.7. The van der Waals surface area contributed by atoms with Gasteiger partial charge in [-0.2, -0.15) is 0 Å². The first-order valence-electron chi connectivity index (χ1n) is 10.3. The van der Waals surface area contributed by atoms with Crippen molar-refractivity contribution in [2.75, 3.05) is 18.4 Å². The van der Waals surface area contributed by atoms with Crippen molar-refractivity contribution in [2.45, 2.75) is 44.0 Å². The fraction of sp³-hybridized carbons (Fsp3) is 0.391. The van der Waals surface area contributed by atoms with Gasteiger partial charge < -0.3 is 10.2 Å². The third-order valence-corrected chi connectivity index (χ3v) is 6.76. The van der Waals surface area contributed by atoms with Gasteiger partial charge in [-0.15, -0.1) is 0 Å². The number of hydrogen-bond acceptors (Lipinski definition) is 4. The van der Waals surface area contributed by atoms with Crippen LogP contribution in [0.2, 0.25) is 0 Å². The van der Waals surface area contributed by atoms with Gasteiger partial charge in [0, 0.05) is 30.7 Å². The summed E-state index contributed by atoms with van der Waals surface area (Å²) in [4.78, 5) is 26.6. The minimum atomic E-state index is -3.64. The number of benzene rings is 2. The first-order valence-corrected chi connectivity index (χ1v) is 11.8. The Balaban J connectivity index is 1.56. The highest BCUT2D eigenvalue weighted by atomic mass is 32.2. The highest BCUT2D eigenvalue weighted by molar-refractivity contribution is 7.89. The zero-order valence-corrected chi connectivity index (χ0v) is 18.9. The molecule has 8 heteroatoms. The molecule has 0 bridgehead atoms. The fourth-order valence-corrected chi connectivity index (χ4v) is 4.58. The van der Waals surface area contributed by atoms with E-state index in [1.165, 1.54) is 12.1 Å². The number of anilines is 1. The van der Waals surface area contributed by atoms with Crippen LogP contribution in [-0.4, -0.2) is 43.8 Å². The predicted molar refractivity (Wildman–Crippen MR) is 120 cm³/mol. The summed E-state index contributed by atoms with van der Waals surface area (Å²) in [5.41, 5.74) is 1.23. The van der Waals surface area contributed by atoms with E-state index in [-0.39, 0.29) is 28.7 Å². The molecule has 1 fully saturated rings. The second kappa shape index (κ2) is 9.20. The Labute approximate surface area is 183 Å². The average Bonchev–Trinajstić information content (AvgIpc) is 3.11. The maximum absolute atomic E-state index is 12.6. The molecule has 2 aromatic rings. The van der Waals surface area contributed by atoms with Gasteiger partial charge in [-0.25, -0.2) is 13.1 Å². The van der Waals surface area contributed by atoms with E-state index < -0.39 is 15.9 Å². The van der Waals surface area contributed by atoms with Gasteiger partial charge in [-0.1, -0.05) is 30.3 Å². The Bertz CT molecular complexity index is 1030. The van der Waals surface area contributed by atoms with Crippen molar-refractivity contribution in [3.63, 3.8) is 0 Å². The van der Waals surface area contributed by atoms with Crippen molar-refractivity contribution in [3.8, 4) is 0 Å². The van der Waals surface area contributed by atoms with Crippen LogP contribution in [0, 0.1) is 5.92 Å². The van der Waals surface area contributed by atoms with Gasteiger partial charge in [0.2, 0.25) is 21.8 Å². The summed E-state index contributed by atoms with van der Waals surface area (Å²) >= 11 is 0. The number of carbonyl (C=O) groups is 2. The fourth-order valence-electron chi connectivity index (χ4n) is 3.55. The first-order chi connectivity index (χ1) is 14.6. The maximum atomic E-state index is 12.6. The molecule has 0 radical (unpaired) electrons. The Hall–Kier alpha value is -2.71. The number of nitrogens with one attached hydrogen (secondary N) is 2. The van der Waals surface area contributed by atoms with Crippen molar-refractivity contribution >= 4 is 27.5 Å². The standard InChI is InChI=1S/C23H29N3O4S/c1-23(2,3)26-16-18(15-21(26)27)22(28)25-19-9-11-20(12-10-19)31(29,30)24-14-13-17-7-5-4-6-8-17/h4-12,18,24H,13-16H2,1-3H3,(H,25,28)/t18-/m0/s1. The predicted octanol–water partition coefficient (Wildman–Crippen LogP) is 2.79. The Morgan fingerprint density at radius 2 is 1.71 bits per heavy atom. The minimum Gasteiger partial charge on any atom is -0.337 e. The van der Waals surface area contributed by atoms with E-state index >= 15 is 0 Å². The highest BCUT2D eigenvalue weighted by Crippen LogP contribution is 2.27. The second-order valence-corrected chi connectivity index (χ2v) is 10.5. The summed E-state index contributed by atoms with van der Waals surface area (Å²) < 4.78 is 27.6. The van der Waals surface area contributed by atoms with Gasteiger partial charge in [0.05, 0.1) is 10.8 Å². The number of rotatable bonds is 7. The van der Waals surface area contributed by atoms with Crippen molar-refractivity contribution < 1.29 is 18.0 Å². The van der Waals surface area contributed by atoms with Crippen molar-refractivity contribution in [3.05, 3.63) is 60.2 Å². The van der Waals surface area contributed by atoms with Crippen molar-refractivity contribution in [1.29, 1.82) is 0 Å². The summed E-state index contributed by atoms with van der Waals surface area (Å²) in [6.07, 6.45) is 0.779. The van der Waals surface area contributed by atoms with Crippen molar-refractivity contribution in [2.24, 2.45) is 5.92 Å². The smallest absolute Gasteiger partial charge is 0.240 e. The molecular weight excluding hydrogens is 414 g/mol. The Morgan fingerprint density at radius 1 is 1.06 bits per heavy atom. The molecule has 1 aliphatic heterocycles. The van der Waals surface area contributed by atoms with E-state index in [9.17, 15) is 18.0 Å². The maximum Gasteiger partial charge on any atom is 0.240 e. The number of amides is 2. The molecule has 0 aliphatic carbocycles. The van der Waals surface area contributed by atoms with Gasteiger partial charge in [0.15, 0.2) is 0 Å². The van der Waals surface area contributed by atoms with E-state index in [1.54, 1.807) is 17.0 Å². The highest BCUT2D eigenvalue weighted by Gasteiger charge is 2.39. The van der Waals surface area contributed by atoms with Crippen LogP contribution in [0.1, 0.15) is 32.8 Å². The Morgan fingerprint density at radius 3 is 2.29 bits per heavy atom. The lowest BCUT2D eigenvalue weighted by molar-refractivity contribution is -0.131. The molecule has 2 N–H and O–H groups in total. The van der Waals surface area contributed by atoms with Crippen LogP contribution < -0.4 is 10.0 Å². The SMILES string of the molecule is CC(C)(C)N1C[C@@H](C(=O)Nc2ccc(S(=O)(=O)NCCc3ccccc3)cc2)CC1=O. The van der Waals surface area contributed by atoms with Crippen LogP contribution in [0.5, 0.6) is 0 Å². The van der Waals surface area contributed by atoms with Gasteiger partial charge in [-0.05, 0) is 57.0 Å². The molecule has 0 aromatic heterocycles. The molecule has 166 valence electrons. The third-order valence-electron chi connectivity index (χ3n) is 5.29. The van der Waals surface area contributed by atoms with Crippen LogP contribution in [0.4, 0.5) is 5.69 Å². The second-order valence-electron chi connectivity index (χ2n) is 8.72. The third kappa shape index (κ3) is 5.92. The zero-order valence-electron chi connectivity index (χ0n) is 18.1. The normalized spacial score (nSPS) is 17.1. The van der Waals surface area contributed by atoms with Crippen LogP contribution >= 0.6 is 0 Å². The molecule has 2 amide bonds. The molecule has 1 aliphatic rings. The van der Waals surface area contributed by atoms with Crippen LogP contribution in [0.15, 0.2) is 59.5 Å². The zero-order chi connectivity index (χ0) is 22.6. The largest absolute Gasteiger partial charge is 0.337 e.